The zero-order chi connectivity index (χ0) is 35.2. The predicted molar refractivity (Wildman–Crippen MR) is 183 cm³/mol. The van der Waals surface area contributed by atoms with Gasteiger partial charge in [0.25, 0.3) is 11.5 Å². The third-order valence-corrected chi connectivity index (χ3v) is 8.14. The highest BCUT2D eigenvalue weighted by Crippen LogP contribution is 2.38. The van der Waals surface area contributed by atoms with Gasteiger partial charge in [-0.15, -0.1) is 6.58 Å². The zero-order valence-electron chi connectivity index (χ0n) is 27.2. The zero-order valence-corrected chi connectivity index (χ0v) is 27.2. The summed E-state index contributed by atoms with van der Waals surface area (Å²) in [5.41, 5.74) is -2.48. The third kappa shape index (κ3) is 7.25. The first-order chi connectivity index (χ1) is 24.3. The van der Waals surface area contributed by atoms with E-state index in [0.717, 1.165) is 38.2 Å². The quantitative estimate of drug-likeness (QED) is 0.129. The number of hydrogen-bond acceptors (Lipinski definition) is 9. The Bertz CT molecular complexity index is 2180. The number of benzene rings is 3. The van der Waals surface area contributed by atoms with Gasteiger partial charge in [-0.25, -0.2) is 13.6 Å². The molecule has 2 aromatic heterocycles. The van der Waals surface area contributed by atoms with Crippen LogP contribution in [0, 0.1) is 11.6 Å². The molecule has 0 atom stereocenters. The molecule has 6 rings (SSSR count). The van der Waals surface area contributed by atoms with Gasteiger partial charge >= 0.3 is 5.69 Å². The Kier molecular flexibility index (Phi) is 10.3. The van der Waals surface area contributed by atoms with Gasteiger partial charge in [0.2, 0.25) is 5.69 Å². The first-order valence-corrected chi connectivity index (χ1v) is 16.0. The second kappa shape index (κ2) is 15.1. The number of pyridine rings is 1. The SMILES string of the molecule is C=CCn1c(=O)c(C(=O)Nc2ccc(Oc3ccnc4cc(OC)c(OCCCN5CCCC5)cc34)c(F)c2)nn(-c2ccccc2F)c1=O. The molecule has 14 heteroatoms. The Morgan fingerprint density at radius 2 is 1.78 bits per heavy atom. The maximum Gasteiger partial charge on any atom is 0.352 e. The fraction of sp³-hybridized carbons (Fsp3) is 0.250. The van der Waals surface area contributed by atoms with Crippen molar-refractivity contribution in [2.24, 2.45) is 0 Å². The lowest BCUT2D eigenvalue weighted by Gasteiger charge is -2.16. The molecule has 1 aliphatic rings. The number of para-hydroxylation sites is 1. The number of nitrogens with one attached hydrogen (secondary N) is 1. The number of carbonyl (C=O) groups is 1. The number of aromatic nitrogens is 4. The number of nitrogens with zero attached hydrogens (tertiary/aromatic N) is 5. The first kappa shape index (κ1) is 34.0. The van der Waals surface area contributed by atoms with Crippen LogP contribution in [0.2, 0.25) is 0 Å². The molecule has 1 saturated heterocycles. The van der Waals surface area contributed by atoms with Gasteiger partial charge in [-0.1, -0.05) is 18.2 Å². The van der Waals surface area contributed by atoms with Gasteiger partial charge in [-0.05, 0) is 68.8 Å². The Morgan fingerprint density at radius 3 is 2.52 bits per heavy atom. The largest absolute Gasteiger partial charge is 0.493 e. The molecule has 5 aromatic rings. The van der Waals surface area contributed by atoms with Crippen molar-refractivity contribution in [3.8, 4) is 28.7 Å². The van der Waals surface area contributed by atoms with Crippen LogP contribution in [0.4, 0.5) is 14.5 Å². The van der Waals surface area contributed by atoms with Crippen LogP contribution in [0.1, 0.15) is 29.8 Å². The van der Waals surface area contributed by atoms with Gasteiger partial charge < -0.3 is 24.4 Å². The molecule has 0 spiro atoms. The molecule has 1 N–H and O–H groups in total. The van der Waals surface area contributed by atoms with Gasteiger partial charge in [0.1, 0.15) is 17.3 Å². The van der Waals surface area contributed by atoms with E-state index < -0.39 is 34.5 Å². The molecule has 1 fully saturated rings. The van der Waals surface area contributed by atoms with E-state index in [9.17, 15) is 18.8 Å². The summed E-state index contributed by atoms with van der Waals surface area (Å²) in [4.78, 5) is 46.1. The number of allylic oxidation sites excluding steroid dienone is 1. The highest BCUT2D eigenvalue weighted by molar-refractivity contribution is 6.02. The van der Waals surface area contributed by atoms with E-state index >= 15 is 4.39 Å². The molecule has 0 bridgehead atoms. The van der Waals surface area contributed by atoms with Crippen LogP contribution in [0.3, 0.4) is 0 Å². The highest BCUT2D eigenvalue weighted by atomic mass is 19.1. The Morgan fingerprint density at radius 1 is 0.980 bits per heavy atom. The van der Waals surface area contributed by atoms with E-state index in [1.165, 1.54) is 55.4 Å². The summed E-state index contributed by atoms with van der Waals surface area (Å²) >= 11 is 0. The number of hydrogen-bond donors (Lipinski definition) is 1. The molecule has 258 valence electrons. The molecule has 50 heavy (non-hydrogen) atoms. The molecule has 0 radical (unpaired) electrons. The van der Waals surface area contributed by atoms with Crippen LogP contribution in [0.25, 0.3) is 16.6 Å². The van der Waals surface area contributed by atoms with Crippen molar-refractivity contribution in [1.29, 1.82) is 0 Å². The molecule has 1 aliphatic heterocycles. The average Bonchev–Trinajstić information content (AvgIpc) is 3.64. The van der Waals surface area contributed by atoms with E-state index in [-0.39, 0.29) is 23.7 Å². The Balaban J connectivity index is 1.22. The number of ether oxygens (including phenoxy) is 3. The summed E-state index contributed by atoms with van der Waals surface area (Å²) in [7, 11) is 1.54. The fourth-order valence-electron chi connectivity index (χ4n) is 5.66. The second-order valence-corrected chi connectivity index (χ2v) is 11.5. The smallest absolute Gasteiger partial charge is 0.352 e. The van der Waals surface area contributed by atoms with Crippen molar-refractivity contribution < 1.29 is 27.8 Å². The lowest BCUT2D eigenvalue weighted by Crippen LogP contribution is -2.44. The van der Waals surface area contributed by atoms with E-state index in [1.54, 1.807) is 25.3 Å². The number of likely N-dealkylation sites (tertiary alicyclic amines) is 1. The summed E-state index contributed by atoms with van der Waals surface area (Å²) < 4.78 is 48.9. The monoisotopic (exact) mass is 684 g/mol. The van der Waals surface area contributed by atoms with Crippen LogP contribution in [-0.2, 0) is 6.54 Å². The standard InChI is InChI=1S/C36H34F2N6O6/c1-3-15-43-35(46)33(41-44(36(43)47)28-10-5-4-9-25(28)37)34(45)40-23-11-12-30(26(38)20-23)50-29-13-14-39-27-22-31(48-2)32(21-24(27)29)49-19-8-18-42-16-6-7-17-42/h3-5,9-14,20-22H,1,6-8,15-19H2,2H3,(H,40,45). The minimum Gasteiger partial charge on any atom is -0.493 e. The van der Waals surface area contributed by atoms with Crippen LogP contribution >= 0.6 is 0 Å². The van der Waals surface area contributed by atoms with Gasteiger partial charge in [0.05, 0.1) is 19.2 Å². The van der Waals surface area contributed by atoms with Gasteiger partial charge in [-0.2, -0.15) is 9.78 Å². The van der Waals surface area contributed by atoms with Crippen LogP contribution < -0.4 is 30.8 Å². The average molecular weight is 685 g/mol. The Hall–Kier alpha value is -5.89. The summed E-state index contributed by atoms with van der Waals surface area (Å²) in [6, 6.07) is 14.0. The summed E-state index contributed by atoms with van der Waals surface area (Å²) in [6.07, 6.45) is 6.09. The molecule has 0 aliphatic carbocycles. The van der Waals surface area contributed by atoms with Gasteiger partial charge in [-0.3, -0.25) is 19.1 Å². The molecular weight excluding hydrogens is 650 g/mol. The lowest BCUT2D eigenvalue weighted by atomic mass is 10.1. The number of carbonyl (C=O) groups excluding carboxylic acids is 1. The molecular formula is C36H34F2N6O6. The maximum atomic E-state index is 15.4. The minimum absolute atomic E-state index is 0.0334. The fourth-order valence-corrected chi connectivity index (χ4v) is 5.66. The molecule has 3 heterocycles. The number of rotatable bonds is 13. The van der Waals surface area contributed by atoms with Crippen molar-refractivity contribution in [2.45, 2.75) is 25.8 Å². The van der Waals surface area contributed by atoms with E-state index in [1.807, 2.05) is 0 Å². The van der Waals surface area contributed by atoms with Crippen LogP contribution in [0.5, 0.6) is 23.0 Å². The third-order valence-electron chi connectivity index (χ3n) is 8.14. The van der Waals surface area contributed by atoms with Crippen LogP contribution in [0.15, 0.2) is 89.1 Å². The summed E-state index contributed by atoms with van der Waals surface area (Å²) in [6.45, 7) is 6.92. The number of amides is 1. The van der Waals surface area contributed by atoms with E-state index in [2.05, 4.69) is 26.9 Å². The Labute approximate surface area is 285 Å². The maximum absolute atomic E-state index is 15.4. The molecule has 0 saturated carbocycles. The summed E-state index contributed by atoms with van der Waals surface area (Å²) in [5.74, 6) is -1.52. The van der Waals surface area contributed by atoms with Crippen molar-refractivity contribution in [1.82, 2.24) is 24.2 Å². The number of fused-ring (bicyclic) bond motifs is 1. The number of anilines is 1. The summed E-state index contributed by atoms with van der Waals surface area (Å²) in [5, 5.41) is 6.84. The molecule has 3 aromatic carbocycles. The topological polar surface area (TPSA) is 130 Å². The minimum atomic E-state index is -1.05. The second-order valence-electron chi connectivity index (χ2n) is 11.5. The van der Waals surface area contributed by atoms with Crippen LogP contribution in [-0.4, -0.2) is 63.5 Å². The highest BCUT2D eigenvalue weighted by Gasteiger charge is 2.22. The number of methoxy groups -OCH3 is 1. The molecule has 1 amide bonds. The van der Waals surface area contributed by atoms with E-state index in [0.29, 0.717) is 44.0 Å². The lowest BCUT2D eigenvalue weighted by molar-refractivity contribution is 0.101. The molecule has 12 nitrogen and oxygen atoms in total. The molecule has 0 unspecified atom stereocenters. The predicted octanol–water partition coefficient (Wildman–Crippen LogP) is 5.32. The van der Waals surface area contributed by atoms with Crippen molar-refractivity contribution in [2.75, 3.05) is 38.7 Å². The number of halogens is 2. The van der Waals surface area contributed by atoms with Crippen molar-refractivity contribution in [3.05, 3.63) is 118 Å². The normalized spacial score (nSPS) is 12.9. The van der Waals surface area contributed by atoms with Gasteiger partial charge in [0, 0.05) is 42.5 Å². The van der Waals surface area contributed by atoms with Crippen molar-refractivity contribution >= 4 is 22.5 Å². The van der Waals surface area contributed by atoms with E-state index in [4.69, 9.17) is 14.2 Å². The van der Waals surface area contributed by atoms with Gasteiger partial charge in [0.15, 0.2) is 23.1 Å². The first-order valence-electron chi connectivity index (χ1n) is 16.0. The van der Waals surface area contributed by atoms with Crippen molar-refractivity contribution in [3.63, 3.8) is 0 Å².